The number of nitrogens with one attached hydrogen (secondary N) is 2. The summed E-state index contributed by atoms with van der Waals surface area (Å²) < 4.78 is 26.4. The second kappa shape index (κ2) is 7.63. The molecule has 0 spiro atoms. The van der Waals surface area contributed by atoms with Gasteiger partial charge in [-0.05, 0) is 34.9 Å². The SMILES string of the molecule is O=C(Nc1nc2ccc(C3c4cccc(O)c4C(=O)N3Cc3ccccc3)cc2[nH]1)C1CC1(F)F. The standard InChI is InChI=1S/C26H20F2N4O3/c27-26(28)12-17(26)23(34)31-25-29-18-10-9-15(11-19(18)30-25)22-16-7-4-8-20(33)21(16)24(35)32(22)13-14-5-2-1-3-6-14/h1-11,17,22,33H,12-13H2,(H2,29,30,31,34). The predicted molar refractivity (Wildman–Crippen MR) is 124 cm³/mol. The van der Waals surface area contributed by atoms with Crippen molar-refractivity contribution in [1.82, 2.24) is 14.9 Å². The highest BCUT2D eigenvalue weighted by Crippen LogP contribution is 2.49. The van der Waals surface area contributed by atoms with Crippen LogP contribution in [0.15, 0.2) is 66.7 Å². The number of nitrogens with zero attached hydrogens (tertiary/aromatic N) is 2. The van der Waals surface area contributed by atoms with E-state index in [9.17, 15) is 23.5 Å². The largest absolute Gasteiger partial charge is 0.507 e. The predicted octanol–water partition coefficient (Wildman–Crippen LogP) is 4.61. The van der Waals surface area contributed by atoms with Gasteiger partial charge in [0.1, 0.15) is 11.7 Å². The van der Waals surface area contributed by atoms with Gasteiger partial charge in [-0.2, -0.15) is 0 Å². The molecular formula is C26H20F2N4O3. The Bertz CT molecular complexity index is 1480. The lowest BCUT2D eigenvalue weighted by Crippen LogP contribution is -2.28. The summed E-state index contributed by atoms with van der Waals surface area (Å²) in [5.74, 6) is -5.31. The minimum atomic E-state index is -2.96. The normalized spacial score (nSPS) is 20.2. The van der Waals surface area contributed by atoms with Crippen LogP contribution in [0.2, 0.25) is 0 Å². The fraction of sp³-hybridized carbons (Fsp3) is 0.192. The number of halogens is 2. The lowest BCUT2D eigenvalue weighted by Gasteiger charge is -2.26. The van der Waals surface area contributed by atoms with E-state index in [1.54, 1.807) is 17.0 Å². The molecular weight excluding hydrogens is 454 g/mol. The Morgan fingerprint density at radius 3 is 2.66 bits per heavy atom. The molecule has 2 atom stereocenters. The monoisotopic (exact) mass is 474 g/mol. The Kier molecular flexibility index (Phi) is 4.64. The third kappa shape index (κ3) is 3.60. The highest BCUT2D eigenvalue weighted by molar-refractivity contribution is 6.02. The number of fused-ring (bicyclic) bond motifs is 2. The molecule has 2 aliphatic rings. The molecule has 2 heterocycles. The van der Waals surface area contributed by atoms with Crippen molar-refractivity contribution < 1.29 is 23.5 Å². The summed E-state index contributed by atoms with van der Waals surface area (Å²) in [6.07, 6.45) is -0.456. The number of aromatic nitrogens is 2. The van der Waals surface area contributed by atoms with Crippen molar-refractivity contribution >= 4 is 28.8 Å². The van der Waals surface area contributed by atoms with Gasteiger partial charge in [0.2, 0.25) is 11.9 Å². The van der Waals surface area contributed by atoms with Crippen molar-refractivity contribution in [2.75, 3.05) is 5.32 Å². The Morgan fingerprint density at radius 1 is 1.14 bits per heavy atom. The van der Waals surface area contributed by atoms with E-state index in [1.807, 2.05) is 48.5 Å². The third-order valence-corrected chi connectivity index (χ3v) is 6.56. The fourth-order valence-electron chi connectivity index (χ4n) is 4.71. The van der Waals surface area contributed by atoms with Gasteiger partial charge in [0.15, 0.2) is 0 Å². The number of imidazole rings is 1. The summed E-state index contributed by atoms with van der Waals surface area (Å²) in [6.45, 7) is 0.344. The van der Waals surface area contributed by atoms with E-state index >= 15 is 0 Å². The van der Waals surface area contributed by atoms with Gasteiger partial charge in [-0.3, -0.25) is 14.9 Å². The first-order valence-electron chi connectivity index (χ1n) is 11.2. The average Bonchev–Trinajstić information content (AvgIpc) is 3.16. The number of benzene rings is 3. The van der Waals surface area contributed by atoms with E-state index in [0.29, 0.717) is 23.1 Å². The van der Waals surface area contributed by atoms with Gasteiger partial charge in [0.05, 0.1) is 22.6 Å². The topological polar surface area (TPSA) is 98.3 Å². The van der Waals surface area contributed by atoms with Crippen LogP contribution in [-0.2, 0) is 11.3 Å². The van der Waals surface area contributed by atoms with Crippen molar-refractivity contribution in [1.29, 1.82) is 0 Å². The van der Waals surface area contributed by atoms with Crippen LogP contribution in [0.25, 0.3) is 11.0 Å². The van der Waals surface area contributed by atoms with Crippen LogP contribution in [0, 0.1) is 5.92 Å². The molecule has 9 heteroatoms. The molecule has 1 saturated carbocycles. The molecule has 3 aromatic carbocycles. The lowest BCUT2D eigenvalue weighted by atomic mass is 9.97. The second-order valence-electron chi connectivity index (χ2n) is 8.93. The van der Waals surface area contributed by atoms with Gasteiger partial charge >= 0.3 is 0 Å². The molecule has 2 amide bonds. The summed E-state index contributed by atoms with van der Waals surface area (Å²) in [5.41, 5.74) is 3.82. The zero-order chi connectivity index (χ0) is 24.3. The fourth-order valence-corrected chi connectivity index (χ4v) is 4.71. The third-order valence-electron chi connectivity index (χ3n) is 6.56. The van der Waals surface area contributed by atoms with Crippen LogP contribution in [0.4, 0.5) is 14.7 Å². The Labute approximate surface area is 198 Å². The van der Waals surface area contributed by atoms with Gasteiger partial charge in [0.25, 0.3) is 11.8 Å². The molecule has 1 aliphatic carbocycles. The Morgan fingerprint density at radius 2 is 1.91 bits per heavy atom. The summed E-state index contributed by atoms with van der Waals surface area (Å²) >= 11 is 0. The quantitative estimate of drug-likeness (QED) is 0.394. The van der Waals surface area contributed by atoms with Gasteiger partial charge in [-0.15, -0.1) is 0 Å². The van der Waals surface area contributed by atoms with E-state index < -0.39 is 30.2 Å². The van der Waals surface area contributed by atoms with E-state index in [1.165, 1.54) is 6.07 Å². The number of amides is 2. The molecule has 0 radical (unpaired) electrons. The van der Waals surface area contributed by atoms with Crippen LogP contribution < -0.4 is 5.32 Å². The number of phenols is 1. The first-order valence-corrected chi connectivity index (χ1v) is 11.2. The summed E-state index contributed by atoms with van der Waals surface area (Å²) in [5, 5.41) is 12.9. The van der Waals surface area contributed by atoms with Crippen LogP contribution in [0.1, 0.15) is 39.5 Å². The van der Waals surface area contributed by atoms with Crippen LogP contribution >= 0.6 is 0 Å². The number of carbonyl (C=O) groups excluding carboxylic acids is 2. The highest BCUT2D eigenvalue weighted by Gasteiger charge is 2.61. The molecule has 7 nitrogen and oxygen atoms in total. The number of phenolic OH excluding ortho intramolecular Hbond substituents is 1. The molecule has 0 bridgehead atoms. The van der Waals surface area contributed by atoms with Gasteiger partial charge in [-0.25, -0.2) is 13.8 Å². The number of aromatic hydroxyl groups is 1. The smallest absolute Gasteiger partial charge is 0.260 e. The van der Waals surface area contributed by atoms with Gasteiger partial charge in [0, 0.05) is 13.0 Å². The number of anilines is 1. The van der Waals surface area contributed by atoms with Crippen molar-refractivity contribution in [2.24, 2.45) is 5.92 Å². The average molecular weight is 474 g/mol. The lowest BCUT2D eigenvalue weighted by molar-refractivity contribution is -0.119. The molecule has 2 unspecified atom stereocenters. The van der Waals surface area contributed by atoms with E-state index in [0.717, 1.165) is 11.1 Å². The summed E-state index contributed by atoms with van der Waals surface area (Å²) in [7, 11) is 0. The highest BCUT2D eigenvalue weighted by atomic mass is 19.3. The van der Waals surface area contributed by atoms with Gasteiger partial charge < -0.3 is 15.0 Å². The van der Waals surface area contributed by atoms with Crippen molar-refractivity contribution in [2.45, 2.75) is 24.9 Å². The molecule has 176 valence electrons. The molecule has 0 saturated heterocycles. The van der Waals surface area contributed by atoms with Crippen molar-refractivity contribution in [3.05, 3.63) is 89.0 Å². The van der Waals surface area contributed by atoms with E-state index in [4.69, 9.17) is 0 Å². The minimum absolute atomic E-state index is 0.0717. The summed E-state index contributed by atoms with van der Waals surface area (Å²) in [4.78, 5) is 34.4. The zero-order valence-corrected chi connectivity index (χ0v) is 18.3. The van der Waals surface area contributed by atoms with Crippen LogP contribution in [0.5, 0.6) is 5.75 Å². The minimum Gasteiger partial charge on any atom is -0.507 e. The van der Waals surface area contributed by atoms with Gasteiger partial charge in [-0.1, -0.05) is 48.5 Å². The molecule has 35 heavy (non-hydrogen) atoms. The molecule has 1 fully saturated rings. The molecule has 3 N–H and O–H groups in total. The first-order chi connectivity index (χ1) is 16.8. The number of aromatic amines is 1. The van der Waals surface area contributed by atoms with E-state index in [2.05, 4.69) is 15.3 Å². The van der Waals surface area contributed by atoms with E-state index in [-0.39, 0.29) is 23.2 Å². The van der Waals surface area contributed by atoms with Crippen molar-refractivity contribution in [3.8, 4) is 5.75 Å². The molecule has 1 aliphatic heterocycles. The maximum Gasteiger partial charge on any atom is 0.260 e. The molecule has 4 aromatic rings. The van der Waals surface area contributed by atoms with Crippen molar-refractivity contribution in [3.63, 3.8) is 0 Å². The maximum absolute atomic E-state index is 13.4. The summed E-state index contributed by atoms with van der Waals surface area (Å²) in [6, 6.07) is 19.5. The first kappa shape index (κ1) is 21.3. The maximum atomic E-state index is 13.4. The Balaban J connectivity index is 1.36. The molecule has 1 aromatic heterocycles. The number of hydrogen-bond donors (Lipinski definition) is 3. The number of carbonyl (C=O) groups is 2. The van der Waals surface area contributed by atoms with Crippen LogP contribution in [-0.4, -0.2) is 37.7 Å². The Hall–Kier alpha value is -4.27. The van der Waals surface area contributed by atoms with Crippen LogP contribution in [0.3, 0.4) is 0 Å². The number of H-pyrrole nitrogens is 1. The number of alkyl halides is 2. The number of rotatable bonds is 5. The zero-order valence-electron chi connectivity index (χ0n) is 18.3. The molecule has 6 rings (SSSR count). The number of hydrogen-bond acceptors (Lipinski definition) is 4. The second-order valence-corrected chi connectivity index (χ2v) is 8.93.